The third-order valence-corrected chi connectivity index (χ3v) is 2.12. The second-order valence-electron chi connectivity index (χ2n) is 3.10. The molecule has 0 aliphatic rings. The Balaban J connectivity index is 2.33. The summed E-state index contributed by atoms with van der Waals surface area (Å²) in [5.74, 6) is 0.334. The summed E-state index contributed by atoms with van der Waals surface area (Å²) >= 11 is 0. The first-order valence-electron chi connectivity index (χ1n) is 4.55. The highest BCUT2D eigenvalue weighted by atomic mass is 19.1. The summed E-state index contributed by atoms with van der Waals surface area (Å²) in [4.78, 5) is 4.08. The Labute approximate surface area is 87.4 Å². The highest BCUT2D eigenvalue weighted by molar-refractivity contribution is 5.62. The van der Waals surface area contributed by atoms with Gasteiger partial charge in [-0.15, -0.1) is 0 Å². The minimum atomic E-state index is -0.236. The van der Waals surface area contributed by atoms with Crippen molar-refractivity contribution in [2.24, 2.45) is 0 Å². The van der Waals surface area contributed by atoms with Gasteiger partial charge >= 0.3 is 0 Å². The van der Waals surface area contributed by atoms with Crippen molar-refractivity contribution in [3.05, 3.63) is 48.4 Å². The second kappa shape index (κ2) is 4.09. The number of pyridine rings is 1. The molecule has 0 saturated heterocycles. The summed E-state index contributed by atoms with van der Waals surface area (Å²) in [6.45, 7) is 0. The molecule has 2 rings (SSSR count). The Bertz CT molecular complexity index is 436. The summed E-state index contributed by atoms with van der Waals surface area (Å²) in [5, 5.41) is 0. The fourth-order valence-corrected chi connectivity index (χ4v) is 1.31. The van der Waals surface area contributed by atoms with Crippen molar-refractivity contribution in [2.75, 3.05) is 7.11 Å². The van der Waals surface area contributed by atoms with Crippen molar-refractivity contribution in [1.29, 1.82) is 0 Å². The fourth-order valence-electron chi connectivity index (χ4n) is 1.31. The molecule has 1 aromatic carbocycles. The molecular weight excluding hydrogens is 193 g/mol. The van der Waals surface area contributed by atoms with E-state index in [9.17, 15) is 4.39 Å². The third kappa shape index (κ3) is 2.13. The van der Waals surface area contributed by atoms with Gasteiger partial charge in [0.25, 0.3) is 0 Å². The molecule has 1 heterocycles. The number of benzene rings is 1. The molecule has 0 bridgehead atoms. The van der Waals surface area contributed by atoms with Gasteiger partial charge in [0.2, 0.25) is 5.88 Å². The van der Waals surface area contributed by atoms with E-state index in [1.807, 2.05) is 6.07 Å². The maximum Gasteiger partial charge on any atom is 0.212 e. The van der Waals surface area contributed by atoms with Crippen molar-refractivity contribution in [3.8, 4) is 17.0 Å². The molecule has 76 valence electrons. The third-order valence-electron chi connectivity index (χ3n) is 2.12. The van der Waals surface area contributed by atoms with E-state index in [-0.39, 0.29) is 5.82 Å². The second-order valence-corrected chi connectivity index (χ2v) is 3.10. The lowest BCUT2D eigenvalue weighted by Crippen LogP contribution is -1.87. The first-order chi connectivity index (χ1) is 7.29. The van der Waals surface area contributed by atoms with Crippen molar-refractivity contribution in [2.45, 2.75) is 0 Å². The number of nitrogens with zero attached hydrogens (tertiary/aromatic N) is 1. The summed E-state index contributed by atoms with van der Waals surface area (Å²) in [7, 11) is 1.57. The van der Waals surface area contributed by atoms with Crippen LogP contribution in [0.15, 0.2) is 42.6 Å². The van der Waals surface area contributed by atoms with Gasteiger partial charge in [0.15, 0.2) is 0 Å². The Hall–Kier alpha value is -1.90. The van der Waals surface area contributed by atoms with E-state index in [1.54, 1.807) is 31.5 Å². The predicted octanol–water partition coefficient (Wildman–Crippen LogP) is 2.90. The molecule has 0 spiro atoms. The topological polar surface area (TPSA) is 22.1 Å². The van der Waals surface area contributed by atoms with E-state index in [0.717, 1.165) is 11.1 Å². The minimum Gasteiger partial charge on any atom is -0.481 e. The van der Waals surface area contributed by atoms with Crippen molar-refractivity contribution < 1.29 is 9.13 Å². The van der Waals surface area contributed by atoms with Crippen LogP contribution in [0, 0.1) is 5.82 Å². The Morgan fingerprint density at radius 1 is 1.00 bits per heavy atom. The number of hydrogen-bond acceptors (Lipinski definition) is 2. The molecule has 0 amide bonds. The summed E-state index contributed by atoms with van der Waals surface area (Å²) in [6, 6.07) is 9.97. The summed E-state index contributed by atoms with van der Waals surface area (Å²) < 4.78 is 17.6. The van der Waals surface area contributed by atoms with Gasteiger partial charge in [-0.2, -0.15) is 0 Å². The monoisotopic (exact) mass is 203 g/mol. The largest absolute Gasteiger partial charge is 0.481 e. The molecule has 0 unspecified atom stereocenters. The van der Waals surface area contributed by atoms with Gasteiger partial charge in [0.1, 0.15) is 5.82 Å². The number of aromatic nitrogens is 1. The quantitative estimate of drug-likeness (QED) is 0.748. The van der Waals surface area contributed by atoms with E-state index in [4.69, 9.17) is 4.74 Å². The van der Waals surface area contributed by atoms with Crippen molar-refractivity contribution >= 4 is 0 Å². The van der Waals surface area contributed by atoms with Crippen LogP contribution >= 0.6 is 0 Å². The first-order valence-corrected chi connectivity index (χ1v) is 4.55. The molecule has 2 nitrogen and oxygen atoms in total. The van der Waals surface area contributed by atoms with E-state index >= 15 is 0 Å². The van der Waals surface area contributed by atoms with E-state index in [0.29, 0.717) is 5.88 Å². The van der Waals surface area contributed by atoms with Crippen LogP contribution in [0.2, 0.25) is 0 Å². The zero-order valence-corrected chi connectivity index (χ0v) is 8.27. The molecule has 0 aliphatic carbocycles. The molecule has 2 aromatic rings. The van der Waals surface area contributed by atoms with E-state index in [1.165, 1.54) is 12.1 Å². The van der Waals surface area contributed by atoms with Gasteiger partial charge in [-0.1, -0.05) is 12.1 Å². The van der Waals surface area contributed by atoms with E-state index < -0.39 is 0 Å². The van der Waals surface area contributed by atoms with Gasteiger partial charge in [-0.25, -0.2) is 9.37 Å². The van der Waals surface area contributed by atoms with Gasteiger partial charge in [-0.3, -0.25) is 0 Å². The Kier molecular flexibility index (Phi) is 2.63. The molecule has 0 atom stereocenters. The van der Waals surface area contributed by atoms with Crippen molar-refractivity contribution in [3.63, 3.8) is 0 Å². The highest BCUT2D eigenvalue weighted by Gasteiger charge is 1.99. The maximum atomic E-state index is 12.7. The van der Waals surface area contributed by atoms with Crippen LogP contribution in [-0.2, 0) is 0 Å². The van der Waals surface area contributed by atoms with Crippen LogP contribution < -0.4 is 4.74 Å². The number of rotatable bonds is 2. The number of methoxy groups -OCH3 is 1. The molecule has 0 fully saturated rings. The van der Waals surface area contributed by atoms with Gasteiger partial charge in [-0.05, 0) is 23.8 Å². The zero-order valence-electron chi connectivity index (χ0n) is 8.27. The SMILES string of the molecule is COc1ccc(-c2ccc(F)cc2)cn1. The Morgan fingerprint density at radius 3 is 2.20 bits per heavy atom. The molecule has 15 heavy (non-hydrogen) atoms. The van der Waals surface area contributed by atoms with Crippen LogP contribution in [0.25, 0.3) is 11.1 Å². The summed E-state index contributed by atoms with van der Waals surface area (Å²) in [6.07, 6.45) is 1.70. The lowest BCUT2D eigenvalue weighted by molar-refractivity contribution is 0.398. The van der Waals surface area contributed by atoms with Crippen molar-refractivity contribution in [1.82, 2.24) is 4.98 Å². The smallest absolute Gasteiger partial charge is 0.212 e. The molecule has 0 saturated carbocycles. The average molecular weight is 203 g/mol. The standard InChI is InChI=1S/C12H10FNO/c1-15-12-7-4-10(8-14-12)9-2-5-11(13)6-3-9/h2-8H,1H3. The summed E-state index contributed by atoms with van der Waals surface area (Å²) in [5.41, 5.74) is 1.88. The highest BCUT2D eigenvalue weighted by Crippen LogP contribution is 2.20. The van der Waals surface area contributed by atoms with Crippen LogP contribution in [0.3, 0.4) is 0 Å². The van der Waals surface area contributed by atoms with Crippen LogP contribution in [0.4, 0.5) is 4.39 Å². The average Bonchev–Trinajstić information content (AvgIpc) is 2.30. The van der Waals surface area contributed by atoms with Gasteiger partial charge in [0, 0.05) is 17.8 Å². The molecule has 0 N–H and O–H groups in total. The number of ether oxygens (including phenoxy) is 1. The van der Waals surface area contributed by atoms with Gasteiger partial charge in [0.05, 0.1) is 7.11 Å². The zero-order chi connectivity index (χ0) is 10.7. The minimum absolute atomic E-state index is 0.236. The van der Waals surface area contributed by atoms with Gasteiger partial charge < -0.3 is 4.74 Å². The molecule has 1 aromatic heterocycles. The molecular formula is C12H10FNO. The lowest BCUT2D eigenvalue weighted by atomic mass is 10.1. The fraction of sp³-hybridized carbons (Fsp3) is 0.0833. The van der Waals surface area contributed by atoms with Crippen LogP contribution in [-0.4, -0.2) is 12.1 Å². The predicted molar refractivity (Wildman–Crippen MR) is 56.2 cm³/mol. The molecule has 3 heteroatoms. The number of halogens is 1. The Morgan fingerprint density at radius 2 is 1.67 bits per heavy atom. The van der Waals surface area contributed by atoms with E-state index in [2.05, 4.69) is 4.98 Å². The number of hydrogen-bond donors (Lipinski definition) is 0. The first kappa shape index (κ1) is 9.65. The van der Waals surface area contributed by atoms with Crippen LogP contribution in [0.5, 0.6) is 5.88 Å². The normalized spacial score (nSPS) is 10.0. The maximum absolute atomic E-state index is 12.7. The van der Waals surface area contributed by atoms with Crippen LogP contribution in [0.1, 0.15) is 0 Å². The lowest BCUT2D eigenvalue weighted by Gasteiger charge is -2.02. The molecule has 0 aliphatic heterocycles. The molecule has 0 radical (unpaired) electrons.